The molecule has 0 spiro atoms. The van der Waals surface area contributed by atoms with Gasteiger partial charge in [-0.05, 0) is 36.8 Å². The molecule has 1 aromatic carbocycles. The largest absolute Gasteiger partial charge is 0.355 e. The SMILES string of the molecule is Cc1cncc(-c2nccnc2C2CN(c3ccc4ccccc4n3)C2)c1. The molecule has 1 aliphatic heterocycles. The Morgan fingerprint density at radius 2 is 1.81 bits per heavy atom. The Labute approximate surface area is 157 Å². The van der Waals surface area contributed by atoms with E-state index in [0.29, 0.717) is 5.92 Å². The molecule has 0 radical (unpaired) electrons. The van der Waals surface area contributed by atoms with Crippen molar-refractivity contribution in [2.75, 3.05) is 18.0 Å². The van der Waals surface area contributed by atoms with E-state index < -0.39 is 0 Å². The monoisotopic (exact) mass is 353 g/mol. The second-order valence-electron chi connectivity index (χ2n) is 7.01. The summed E-state index contributed by atoms with van der Waals surface area (Å²) in [6.07, 6.45) is 7.25. The third-order valence-corrected chi connectivity index (χ3v) is 5.05. The zero-order valence-electron chi connectivity index (χ0n) is 15.1. The first-order valence-corrected chi connectivity index (χ1v) is 9.11. The molecule has 0 aliphatic carbocycles. The minimum Gasteiger partial charge on any atom is -0.355 e. The molecule has 0 amide bonds. The molecule has 0 saturated carbocycles. The molecule has 5 nitrogen and oxygen atoms in total. The van der Waals surface area contributed by atoms with Crippen LogP contribution in [0.3, 0.4) is 0 Å². The molecule has 0 bridgehead atoms. The zero-order chi connectivity index (χ0) is 18.2. The smallest absolute Gasteiger partial charge is 0.129 e. The first-order valence-electron chi connectivity index (χ1n) is 9.11. The van der Waals surface area contributed by atoms with Crippen LogP contribution in [0.15, 0.2) is 67.3 Å². The molecule has 0 unspecified atom stereocenters. The van der Waals surface area contributed by atoms with E-state index in [1.807, 2.05) is 31.5 Å². The van der Waals surface area contributed by atoms with Crippen molar-refractivity contribution >= 4 is 16.7 Å². The fraction of sp³-hybridized carbons (Fsp3) is 0.182. The third kappa shape index (κ3) is 2.91. The predicted molar refractivity (Wildman–Crippen MR) is 107 cm³/mol. The molecule has 5 heteroatoms. The van der Waals surface area contributed by atoms with Crippen molar-refractivity contribution in [2.24, 2.45) is 0 Å². The van der Waals surface area contributed by atoms with Gasteiger partial charge >= 0.3 is 0 Å². The topological polar surface area (TPSA) is 54.8 Å². The number of aryl methyl sites for hydroxylation is 1. The molecule has 4 heterocycles. The van der Waals surface area contributed by atoms with Gasteiger partial charge in [0.1, 0.15) is 5.82 Å². The lowest BCUT2D eigenvalue weighted by Gasteiger charge is -2.40. The maximum Gasteiger partial charge on any atom is 0.129 e. The highest BCUT2D eigenvalue weighted by molar-refractivity contribution is 5.80. The van der Waals surface area contributed by atoms with Crippen LogP contribution >= 0.6 is 0 Å². The number of para-hydroxylation sites is 1. The van der Waals surface area contributed by atoms with E-state index in [-0.39, 0.29) is 0 Å². The van der Waals surface area contributed by atoms with Crippen molar-refractivity contribution in [3.63, 3.8) is 0 Å². The predicted octanol–water partition coefficient (Wildman–Crippen LogP) is 4.00. The minimum absolute atomic E-state index is 0.350. The summed E-state index contributed by atoms with van der Waals surface area (Å²) >= 11 is 0. The van der Waals surface area contributed by atoms with Crippen LogP contribution in [-0.2, 0) is 0 Å². The van der Waals surface area contributed by atoms with Crippen LogP contribution in [0.2, 0.25) is 0 Å². The van der Waals surface area contributed by atoms with Crippen molar-refractivity contribution in [1.29, 1.82) is 0 Å². The number of aromatic nitrogens is 4. The fourth-order valence-electron chi connectivity index (χ4n) is 3.62. The molecular weight excluding hydrogens is 334 g/mol. The highest BCUT2D eigenvalue weighted by Gasteiger charge is 2.32. The second kappa shape index (κ2) is 6.43. The van der Waals surface area contributed by atoms with E-state index in [1.54, 1.807) is 12.4 Å². The Hall–Kier alpha value is -3.34. The molecule has 1 aliphatic rings. The van der Waals surface area contributed by atoms with E-state index in [4.69, 9.17) is 4.98 Å². The number of nitrogens with zero attached hydrogens (tertiary/aromatic N) is 5. The Bertz CT molecular complexity index is 1120. The maximum atomic E-state index is 4.80. The molecule has 132 valence electrons. The van der Waals surface area contributed by atoms with Crippen molar-refractivity contribution in [3.05, 3.63) is 78.5 Å². The Morgan fingerprint density at radius 1 is 0.963 bits per heavy atom. The number of hydrogen-bond donors (Lipinski definition) is 0. The van der Waals surface area contributed by atoms with Crippen molar-refractivity contribution < 1.29 is 0 Å². The molecule has 1 saturated heterocycles. The van der Waals surface area contributed by atoms with Gasteiger partial charge in [-0.3, -0.25) is 15.0 Å². The molecule has 3 aromatic heterocycles. The van der Waals surface area contributed by atoms with Crippen molar-refractivity contribution in [1.82, 2.24) is 19.9 Å². The highest BCUT2D eigenvalue weighted by atomic mass is 15.2. The third-order valence-electron chi connectivity index (χ3n) is 5.05. The lowest BCUT2D eigenvalue weighted by Crippen LogP contribution is -2.46. The first-order chi connectivity index (χ1) is 13.3. The van der Waals surface area contributed by atoms with Gasteiger partial charge < -0.3 is 4.90 Å². The summed E-state index contributed by atoms with van der Waals surface area (Å²) < 4.78 is 0. The number of hydrogen-bond acceptors (Lipinski definition) is 5. The summed E-state index contributed by atoms with van der Waals surface area (Å²) in [7, 11) is 0. The molecular formula is C22H19N5. The summed E-state index contributed by atoms with van der Waals surface area (Å²) in [6.45, 7) is 3.84. The molecule has 27 heavy (non-hydrogen) atoms. The van der Waals surface area contributed by atoms with Crippen LogP contribution < -0.4 is 4.90 Å². The van der Waals surface area contributed by atoms with Gasteiger partial charge in [-0.1, -0.05) is 18.2 Å². The van der Waals surface area contributed by atoms with Crippen molar-refractivity contribution in [3.8, 4) is 11.3 Å². The van der Waals surface area contributed by atoms with Gasteiger partial charge in [-0.15, -0.1) is 0 Å². The number of benzene rings is 1. The van der Waals surface area contributed by atoms with E-state index >= 15 is 0 Å². The molecule has 0 atom stereocenters. The lowest BCUT2D eigenvalue weighted by atomic mass is 9.92. The van der Waals surface area contributed by atoms with Crippen LogP contribution in [0.5, 0.6) is 0 Å². The lowest BCUT2D eigenvalue weighted by molar-refractivity contribution is 0.509. The molecule has 5 rings (SSSR count). The highest BCUT2D eigenvalue weighted by Crippen LogP contribution is 2.34. The Balaban J connectivity index is 1.40. The van der Waals surface area contributed by atoms with E-state index in [0.717, 1.165) is 46.9 Å². The first kappa shape index (κ1) is 15.9. The number of anilines is 1. The van der Waals surface area contributed by atoms with Gasteiger partial charge in [0.05, 0.1) is 16.9 Å². The average Bonchev–Trinajstić information content (AvgIpc) is 2.67. The summed E-state index contributed by atoms with van der Waals surface area (Å²) in [4.78, 5) is 20.6. The molecule has 1 fully saturated rings. The fourth-order valence-corrected chi connectivity index (χ4v) is 3.62. The van der Waals surface area contributed by atoms with Gasteiger partial charge in [-0.2, -0.15) is 0 Å². The Kier molecular flexibility index (Phi) is 3.78. The van der Waals surface area contributed by atoms with Gasteiger partial charge in [0.25, 0.3) is 0 Å². The summed E-state index contributed by atoms with van der Waals surface area (Å²) in [5.74, 6) is 1.37. The standard InChI is InChI=1S/C22H19N5/c1-15-10-17(12-23-11-15)21-22(25-9-8-24-21)18-13-27(14-18)20-7-6-16-4-2-3-5-19(16)26-20/h2-12,18H,13-14H2,1H3. The van der Waals surface area contributed by atoms with Crippen LogP contribution in [0.4, 0.5) is 5.82 Å². The van der Waals surface area contributed by atoms with Gasteiger partial charge in [0, 0.05) is 54.7 Å². The molecule has 4 aromatic rings. The number of pyridine rings is 2. The van der Waals surface area contributed by atoms with Gasteiger partial charge in [0.2, 0.25) is 0 Å². The summed E-state index contributed by atoms with van der Waals surface area (Å²) in [5, 5.41) is 1.17. The average molecular weight is 353 g/mol. The summed E-state index contributed by atoms with van der Waals surface area (Å²) in [6, 6.07) is 14.6. The maximum absolute atomic E-state index is 4.80. The van der Waals surface area contributed by atoms with Gasteiger partial charge in [0.15, 0.2) is 0 Å². The van der Waals surface area contributed by atoms with Crippen LogP contribution in [0.25, 0.3) is 22.2 Å². The van der Waals surface area contributed by atoms with Crippen LogP contribution in [-0.4, -0.2) is 33.0 Å². The Morgan fingerprint density at radius 3 is 2.70 bits per heavy atom. The van der Waals surface area contributed by atoms with Gasteiger partial charge in [-0.25, -0.2) is 4.98 Å². The minimum atomic E-state index is 0.350. The second-order valence-corrected chi connectivity index (χ2v) is 7.01. The van der Waals surface area contributed by atoms with E-state index in [9.17, 15) is 0 Å². The molecule has 0 N–H and O–H groups in total. The number of rotatable bonds is 3. The normalized spacial score (nSPS) is 14.3. The zero-order valence-corrected chi connectivity index (χ0v) is 15.1. The number of fused-ring (bicyclic) bond motifs is 1. The van der Waals surface area contributed by atoms with Crippen molar-refractivity contribution in [2.45, 2.75) is 12.8 Å². The quantitative estimate of drug-likeness (QED) is 0.557. The van der Waals surface area contributed by atoms with E-state index in [2.05, 4.69) is 50.2 Å². The van der Waals surface area contributed by atoms with Crippen LogP contribution in [0, 0.1) is 6.92 Å². The summed E-state index contributed by atoms with van der Waals surface area (Å²) in [5.41, 5.74) is 5.16. The van der Waals surface area contributed by atoms with E-state index in [1.165, 1.54) is 5.39 Å². The van der Waals surface area contributed by atoms with Crippen LogP contribution in [0.1, 0.15) is 17.2 Å².